The van der Waals surface area contributed by atoms with E-state index in [-0.39, 0.29) is 11.3 Å². The summed E-state index contributed by atoms with van der Waals surface area (Å²) in [5.74, 6) is -3.33. The summed E-state index contributed by atoms with van der Waals surface area (Å²) in [7, 11) is 0. The summed E-state index contributed by atoms with van der Waals surface area (Å²) in [4.78, 5) is 46.4. The van der Waals surface area contributed by atoms with Gasteiger partial charge in [0.25, 0.3) is 5.69 Å². The molecule has 0 heterocycles. The molecule has 0 fully saturated rings. The summed E-state index contributed by atoms with van der Waals surface area (Å²) in [6.45, 7) is 2.54. The van der Waals surface area contributed by atoms with E-state index in [4.69, 9.17) is 0 Å². The molecule has 0 radical (unpaired) electrons. The zero-order valence-corrected chi connectivity index (χ0v) is 14.8. The first-order valence-corrected chi connectivity index (χ1v) is 8.21. The van der Waals surface area contributed by atoms with E-state index in [9.17, 15) is 29.8 Å². The van der Waals surface area contributed by atoms with Crippen LogP contribution in [0.2, 0.25) is 0 Å². The van der Waals surface area contributed by atoms with Gasteiger partial charge in [0.15, 0.2) is 5.78 Å². The number of nitrogens with zero attached hydrogens (tertiary/aromatic N) is 2. The average Bonchev–Trinajstić information content (AvgIpc) is 2.65. The highest BCUT2D eigenvalue weighted by molar-refractivity contribution is 6.10. The van der Waals surface area contributed by atoms with Crippen molar-refractivity contribution in [1.82, 2.24) is 0 Å². The third kappa shape index (κ3) is 4.41. The summed E-state index contributed by atoms with van der Waals surface area (Å²) in [6.07, 6.45) is 0. The van der Waals surface area contributed by atoms with E-state index in [0.717, 1.165) is 0 Å². The fraction of sp³-hybridized carbons (Fsp3) is 0.263. The number of hydrogen-bond donors (Lipinski definition) is 0. The Bertz CT molecular complexity index is 864. The Morgan fingerprint density at radius 2 is 1.48 bits per heavy atom. The highest BCUT2D eigenvalue weighted by Gasteiger charge is 2.42. The number of carbonyl (C=O) groups excluding carboxylic acids is 2. The Hall–Kier alpha value is -3.42. The van der Waals surface area contributed by atoms with Gasteiger partial charge in [-0.3, -0.25) is 29.8 Å². The monoisotopic (exact) mass is 370 g/mol. The molecule has 0 saturated carbocycles. The number of non-ortho nitro benzene ring substituents is 1. The SMILES string of the molecule is CC(=O)[C@H](C(=O)c1ccccc1)[C@H](c1ccc([N+](=O)[O-])cc1)[C@@H](C)[N+](=O)[O-]. The van der Waals surface area contributed by atoms with Crippen LogP contribution in [0, 0.1) is 26.1 Å². The second-order valence-electron chi connectivity index (χ2n) is 6.22. The standard InChI is InChI=1S/C19H18N2O6/c1-12(20(24)25)17(14-8-10-16(11-9-14)21(26)27)18(13(2)22)19(23)15-6-4-3-5-7-15/h3-12,17-18H,1-2H3/t12-,17+,18+/m1/s1. The normalized spacial score (nSPS) is 14.0. The predicted octanol–water partition coefficient (Wildman–Crippen LogP) is 3.43. The smallest absolute Gasteiger partial charge is 0.269 e. The van der Waals surface area contributed by atoms with Crippen LogP contribution < -0.4 is 0 Å². The van der Waals surface area contributed by atoms with Crippen LogP contribution >= 0.6 is 0 Å². The Kier molecular flexibility index (Phi) is 6.12. The minimum absolute atomic E-state index is 0.181. The molecule has 0 aliphatic rings. The number of carbonyl (C=O) groups is 2. The molecule has 0 aliphatic carbocycles. The van der Waals surface area contributed by atoms with Crippen LogP contribution in [-0.2, 0) is 4.79 Å². The molecule has 0 spiro atoms. The Labute approximate surface area is 155 Å². The molecule has 0 unspecified atom stereocenters. The maximum absolute atomic E-state index is 13.0. The van der Waals surface area contributed by atoms with Crippen molar-refractivity contribution in [1.29, 1.82) is 0 Å². The van der Waals surface area contributed by atoms with Gasteiger partial charge < -0.3 is 0 Å². The van der Waals surface area contributed by atoms with E-state index in [1.807, 2.05) is 0 Å². The summed E-state index contributed by atoms with van der Waals surface area (Å²) in [5.41, 5.74) is 0.425. The second-order valence-corrected chi connectivity index (χ2v) is 6.22. The Balaban J connectivity index is 2.55. The molecule has 8 nitrogen and oxygen atoms in total. The first-order chi connectivity index (χ1) is 12.7. The van der Waals surface area contributed by atoms with Crippen molar-refractivity contribution in [3.63, 3.8) is 0 Å². The van der Waals surface area contributed by atoms with Gasteiger partial charge in [-0.15, -0.1) is 0 Å². The van der Waals surface area contributed by atoms with E-state index in [1.165, 1.54) is 38.1 Å². The number of ketones is 2. The van der Waals surface area contributed by atoms with Crippen LogP contribution in [0.25, 0.3) is 0 Å². The average molecular weight is 370 g/mol. The number of benzene rings is 2. The largest absolute Gasteiger partial charge is 0.299 e. The van der Waals surface area contributed by atoms with Gasteiger partial charge in [-0.05, 0) is 12.5 Å². The lowest BCUT2D eigenvalue weighted by molar-refractivity contribution is -0.523. The fourth-order valence-corrected chi connectivity index (χ4v) is 3.08. The number of nitro benzene ring substituents is 1. The van der Waals surface area contributed by atoms with Gasteiger partial charge in [-0.2, -0.15) is 0 Å². The van der Waals surface area contributed by atoms with Crippen molar-refractivity contribution < 1.29 is 19.4 Å². The Morgan fingerprint density at radius 1 is 0.926 bits per heavy atom. The van der Waals surface area contributed by atoms with Gasteiger partial charge in [0.2, 0.25) is 6.04 Å². The molecule has 2 rings (SSSR count). The van der Waals surface area contributed by atoms with E-state index in [0.29, 0.717) is 5.56 Å². The van der Waals surface area contributed by atoms with Crippen LogP contribution in [-0.4, -0.2) is 27.5 Å². The van der Waals surface area contributed by atoms with E-state index in [2.05, 4.69) is 0 Å². The predicted molar refractivity (Wildman–Crippen MR) is 97.2 cm³/mol. The molecule has 2 aromatic rings. The molecule has 8 heteroatoms. The highest BCUT2D eigenvalue weighted by Crippen LogP contribution is 2.34. The molecule has 140 valence electrons. The molecular weight excluding hydrogens is 352 g/mol. The second kappa shape index (κ2) is 8.31. The molecule has 0 bridgehead atoms. The van der Waals surface area contributed by atoms with Crippen LogP contribution in [0.5, 0.6) is 0 Å². The molecule has 0 saturated heterocycles. The lowest BCUT2D eigenvalue weighted by atomic mass is 9.75. The van der Waals surface area contributed by atoms with Gasteiger partial charge in [0.1, 0.15) is 5.78 Å². The zero-order valence-electron chi connectivity index (χ0n) is 14.8. The highest BCUT2D eigenvalue weighted by atomic mass is 16.6. The molecule has 2 aromatic carbocycles. The number of rotatable bonds is 8. The van der Waals surface area contributed by atoms with Crippen molar-refractivity contribution >= 4 is 17.3 Å². The zero-order chi connectivity index (χ0) is 20.1. The van der Waals surface area contributed by atoms with Crippen molar-refractivity contribution in [2.75, 3.05) is 0 Å². The molecule has 0 aromatic heterocycles. The summed E-state index contributed by atoms with van der Waals surface area (Å²) in [6, 6.07) is 12.0. The minimum atomic E-state index is -1.27. The van der Waals surface area contributed by atoms with Crippen molar-refractivity contribution in [2.24, 2.45) is 5.92 Å². The molecule has 27 heavy (non-hydrogen) atoms. The minimum Gasteiger partial charge on any atom is -0.299 e. The quantitative estimate of drug-likeness (QED) is 0.304. The van der Waals surface area contributed by atoms with Gasteiger partial charge in [-0.1, -0.05) is 42.5 Å². The van der Waals surface area contributed by atoms with Crippen molar-refractivity contribution in [3.05, 3.63) is 86.0 Å². The van der Waals surface area contributed by atoms with Crippen LogP contribution in [0.3, 0.4) is 0 Å². The van der Waals surface area contributed by atoms with Crippen molar-refractivity contribution in [2.45, 2.75) is 25.8 Å². The van der Waals surface area contributed by atoms with Gasteiger partial charge in [-0.25, -0.2) is 0 Å². The summed E-state index contributed by atoms with van der Waals surface area (Å²) < 4.78 is 0. The molecule has 0 aliphatic heterocycles. The fourth-order valence-electron chi connectivity index (χ4n) is 3.08. The first kappa shape index (κ1) is 19.9. The van der Waals surface area contributed by atoms with Gasteiger partial charge >= 0.3 is 0 Å². The molecule has 0 amide bonds. The van der Waals surface area contributed by atoms with E-state index < -0.39 is 39.3 Å². The molecular formula is C19H18N2O6. The first-order valence-electron chi connectivity index (χ1n) is 8.21. The summed E-state index contributed by atoms with van der Waals surface area (Å²) >= 11 is 0. The van der Waals surface area contributed by atoms with E-state index >= 15 is 0 Å². The van der Waals surface area contributed by atoms with Gasteiger partial charge in [0, 0.05) is 29.5 Å². The maximum Gasteiger partial charge on any atom is 0.269 e. The van der Waals surface area contributed by atoms with Crippen LogP contribution in [0.1, 0.15) is 35.7 Å². The van der Waals surface area contributed by atoms with Crippen molar-refractivity contribution in [3.8, 4) is 0 Å². The third-order valence-corrected chi connectivity index (χ3v) is 4.48. The van der Waals surface area contributed by atoms with Gasteiger partial charge in [0.05, 0.1) is 16.8 Å². The molecule has 0 N–H and O–H groups in total. The maximum atomic E-state index is 13.0. The number of Topliss-reactive ketones (excluding diaryl/α,β-unsaturated/α-hetero) is 2. The lowest BCUT2D eigenvalue weighted by Crippen LogP contribution is -2.37. The van der Waals surface area contributed by atoms with E-state index in [1.54, 1.807) is 30.3 Å². The number of nitro groups is 2. The van der Waals surface area contributed by atoms with Crippen LogP contribution in [0.4, 0.5) is 5.69 Å². The molecule has 3 atom stereocenters. The summed E-state index contributed by atoms with van der Waals surface area (Å²) in [5, 5.41) is 22.3. The Morgan fingerprint density at radius 3 is 1.93 bits per heavy atom. The third-order valence-electron chi connectivity index (χ3n) is 4.48. The number of hydrogen-bond acceptors (Lipinski definition) is 6. The lowest BCUT2D eigenvalue weighted by Gasteiger charge is -2.25. The van der Waals surface area contributed by atoms with Crippen LogP contribution in [0.15, 0.2) is 54.6 Å². The topological polar surface area (TPSA) is 120 Å².